The van der Waals surface area contributed by atoms with Crippen molar-refractivity contribution in [2.75, 3.05) is 11.9 Å². The van der Waals surface area contributed by atoms with Gasteiger partial charge in [0.2, 0.25) is 5.91 Å². The van der Waals surface area contributed by atoms with Gasteiger partial charge in [-0.05, 0) is 42.3 Å². The highest BCUT2D eigenvalue weighted by atomic mass is 35.5. The summed E-state index contributed by atoms with van der Waals surface area (Å²) in [6.07, 6.45) is 0.402. The summed E-state index contributed by atoms with van der Waals surface area (Å²) in [6.45, 7) is 3.02. The Bertz CT molecular complexity index is 642. The molecule has 22 heavy (non-hydrogen) atoms. The van der Waals surface area contributed by atoms with Crippen LogP contribution in [-0.4, -0.2) is 12.5 Å². The van der Waals surface area contributed by atoms with Gasteiger partial charge in [0.05, 0.1) is 0 Å². The lowest BCUT2D eigenvalue weighted by Crippen LogP contribution is -2.24. The summed E-state index contributed by atoms with van der Waals surface area (Å²) < 4.78 is 0. The Labute approximate surface area is 140 Å². The van der Waals surface area contributed by atoms with E-state index in [0.29, 0.717) is 24.5 Å². The fourth-order valence-electron chi connectivity index (χ4n) is 1.91. The van der Waals surface area contributed by atoms with Crippen LogP contribution in [0.4, 0.5) is 5.69 Å². The first-order chi connectivity index (χ1) is 10.5. The second-order valence-electron chi connectivity index (χ2n) is 5.04. The zero-order valence-electron chi connectivity index (χ0n) is 12.3. The normalized spacial score (nSPS) is 10.3. The highest BCUT2D eigenvalue weighted by molar-refractivity contribution is 6.31. The first-order valence-corrected chi connectivity index (χ1v) is 7.81. The van der Waals surface area contributed by atoms with Crippen molar-refractivity contribution in [1.29, 1.82) is 0 Å². The van der Waals surface area contributed by atoms with Crippen LogP contribution >= 0.6 is 23.2 Å². The van der Waals surface area contributed by atoms with Crippen LogP contribution in [0.5, 0.6) is 0 Å². The molecule has 0 radical (unpaired) electrons. The molecular weight excluding hydrogens is 319 g/mol. The number of halogens is 2. The van der Waals surface area contributed by atoms with Crippen molar-refractivity contribution < 1.29 is 4.79 Å². The summed E-state index contributed by atoms with van der Waals surface area (Å²) in [5.41, 5.74) is 2.98. The van der Waals surface area contributed by atoms with Crippen LogP contribution in [0.2, 0.25) is 10.0 Å². The van der Waals surface area contributed by atoms with Crippen molar-refractivity contribution in [3.8, 4) is 0 Å². The van der Waals surface area contributed by atoms with E-state index in [2.05, 4.69) is 10.6 Å². The maximum atomic E-state index is 11.8. The fraction of sp³-hybridized carbons (Fsp3) is 0.235. The minimum Gasteiger partial charge on any atom is -0.384 e. The predicted octanol–water partition coefficient (Wildman–Crippen LogP) is 4.42. The fourth-order valence-corrected chi connectivity index (χ4v) is 2.22. The van der Waals surface area contributed by atoms with Gasteiger partial charge >= 0.3 is 0 Å². The number of anilines is 1. The minimum atomic E-state index is 0.000610. The summed E-state index contributed by atoms with van der Waals surface area (Å²) >= 11 is 11.9. The van der Waals surface area contributed by atoms with Gasteiger partial charge in [-0.1, -0.05) is 41.4 Å². The molecular formula is C17H18Cl2N2O. The molecule has 0 aliphatic rings. The van der Waals surface area contributed by atoms with Crippen molar-refractivity contribution >= 4 is 34.8 Å². The van der Waals surface area contributed by atoms with Gasteiger partial charge in [0.15, 0.2) is 0 Å². The number of benzene rings is 2. The van der Waals surface area contributed by atoms with Crippen molar-refractivity contribution in [3.63, 3.8) is 0 Å². The Morgan fingerprint density at radius 2 is 1.82 bits per heavy atom. The van der Waals surface area contributed by atoms with Crippen LogP contribution in [-0.2, 0) is 11.3 Å². The van der Waals surface area contributed by atoms with Crippen LogP contribution in [0.1, 0.15) is 17.5 Å². The standard InChI is InChI=1S/C17H18Cl2N2O/c1-12-2-7-15(10-16(12)19)20-9-8-17(22)21-11-13-3-5-14(18)6-4-13/h2-7,10,20H,8-9,11H2,1H3,(H,21,22). The zero-order valence-corrected chi connectivity index (χ0v) is 13.8. The van der Waals surface area contributed by atoms with Gasteiger partial charge in [-0.2, -0.15) is 0 Å². The summed E-state index contributed by atoms with van der Waals surface area (Å²) in [4.78, 5) is 11.8. The lowest BCUT2D eigenvalue weighted by molar-refractivity contribution is -0.121. The SMILES string of the molecule is Cc1ccc(NCCC(=O)NCc2ccc(Cl)cc2)cc1Cl. The molecule has 0 fully saturated rings. The number of amides is 1. The van der Waals surface area contributed by atoms with Gasteiger partial charge in [0.1, 0.15) is 0 Å². The van der Waals surface area contributed by atoms with E-state index >= 15 is 0 Å². The van der Waals surface area contributed by atoms with Gasteiger partial charge in [0.25, 0.3) is 0 Å². The van der Waals surface area contributed by atoms with E-state index in [-0.39, 0.29) is 5.91 Å². The number of nitrogens with one attached hydrogen (secondary N) is 2. The molecule has 0 heterocycles. The highest BCUT2D eigenvalue weighted by Crippen LogP contribution is 2.19. The molecule has 0 atom stereocenters. The quantitative estimate of drug-likeness (QED) is 0.819. The molecule has 0 spiro atoms. The Kier molecular flexibility index (Phi) is 6.10. The van der Waals surface area contributed by atoms with E-state index in [9.17, 15) is 4.79 Å². The number of hydrogen-bond acceptors (Lipinski definition) is 2. The lowest BCUT2D eigenvalue weighted by Gasteiger charge is -2.09. The third-order valence-corrected chi connectivity index (χ3v) is 3.92. The second kappa shape index (κ2) is 8.06. The summed E-state index contributed by atoms with van der Waals surface area (Å²) in [5.74, 6) is 0.000610. The average molecular weight is 337 g/mol. The Morgan fingerprint density at radius 3 is 2.50 bits per heavy atom. The maximum Gasteiger partial charge on any atom is 0.222 e. The topological polar surface area (TPSA) is 41.1 Å². The molecule has 2 aromatic carbocycles. The smallest absolute Gasteiger partial charge is 0.222 e. The van der Waals surface area contributed by atoms with Crippen molar-refractivity contribution in [2.24, 2.45) is 0 Å². The van der Waals surface area contributed by atoms with E-state index in [1.807, 2.05) is 49.4 Å². The highest BCUT2D eigenvalue weighted by Gasteiger charge is 2.02. The van der Waals surface area contributed by atoms with E-state index in [1.54, 1.807) is 0 Å². The molecule has 1 amide bonds. The molecule has 0 saturated heterocycles. The van der Waals surface area contributed by atoms with Crippen LogP contribution in [0.15, 0.2) is 42.5 Å². The number of rotatable bonds is 6. The van der Waals surface area contributed by atoms with Gasteiger partial charge in [-0.15, -0.1) is 0 Å². The molecule has 0 unspecified atom stereocenters. The summed E-state index contributed by atoms with van der Waals surface area (Å²) in [5, 5.41) is 7.47. The molecule has 0 aromatic heterocycles. The summed E-state index contributed by atoms with van der Waals surface area (Å²) in [7, 11) is 0. The zero-order chi connectivity index (χ0) is 15.9. The minimum absolute atomic E-state index is 0.000610. The molecule has 0 saturated carbocycles. The van der Waals surface area contributed by atoms with Gasteiger partial charge < -0.3 is 10.6 Å². The summed E-state index contributed by atoms with van der Waals surface area (Å²) in [6, 6.07) is 13.2. The van der Waals surface area contributed by atoms with E-state index in [0.717, 1.165) is 21.8 Å². The van der Waals surface area contributed by atoms with Crippen molar-refractivity contribution in [1.82, 2.24) is 5.32 Å². The van der Waals surface area contributed by atoms with E-state index in [4.69, 9.17) is 23.2 Å². The van der Waals surface area contributed by atoms with Crippen LogP contribution in [0, 0.1) is 6.92 Å². The maximum absolute atomic E-state index is 11.8. The Hall–Kier alpha value is -1.71. The molecule has 116 valence electrons. The molecule has 2 rings (SSSR count). The third kappa shape index (κ3) is 5.24. The largest absolute Gasteiger partial charge is 0.384 e. The third-order valence-electron chi connectivity index (χ3n) is 3.26. The second-order valence-corrected chi connectivity index (χ2v) is 5.89. The van der Waals surface area contributed by atoms with Crippen LogP contribution in [0.3, 0.4) is 0 Å². The van der Waals surface area contributed by atoms with Gasteiger partial charge in [-0.3, -0.25) is 4.79 Å². The lowest BCUT2D eigenvalue weighted by atomic mass is 10.2. The monoisotopic (exact) mass is 336 g/mol. The molecule has 2 aromatic rings. The van der Waals surface area contributed by atoms with Gasteiger partial charge in [-0.25, -0.2) is 0 Å². The molecule has 0 bridgehead atoms. The van der Waals surface area contributed by atoms with E-state index < -0.39 is 0 Å². The van der Waals surface area contributed by atoms with Crippen LogP contribution in [0.25, 0.3) is 0 Å². The van der Waals surface area contributed by atoms with E-state index in [1.165, 1.54) is 0 Å². The Balaban J connectivity index is 1.71. The first kappa shape index (κ1) is 16.7. The Morgan fingerprint density at radius 1 is 1.09 bits per heavy atom. The molecule has 0 aliphatic carbocycles. The number of hydrogen-bond donors (Lipinski definition) is 2. The van der Waals surface area contributed by atoms with Crippen LogP contribution < -0.4 is 10.6 Å². The molecule has 3 nitrogen and oxygen atoms in total. The number of aryl methyl sites for hydroxylation is 1. The van der Waals surface area contributed by atoms with Crippen molar-refractivity contribution in [2.45, 2.75) is 19.9 Å². The predicted molar refractivity (Wildman–Crippen MR) is 92.6 cm³/mol. The molecule has 5 heteroatoms. The average Bonchev–Trinajstić information content (AvgIpc) is 2.50. The van der Waals surface area contributed by atoms with Crippen molar-refractivity contribution in [3.05, 3.63) is 63.6 Å². The number of carbonyl (C=O) groups excluding carboxylic acids is 1. The molecule has 0 aliphatic heterocycles. The number of carbonyl (C=O) groups is 1. The molecule has 2 N–H and O–H groups in total. The van der Waals surface area contributed by atoms with Gasteiger partial charge in [0, 0.05) is 35.2 Å². The first-order valence-electron chi connectivity index (χ1n) is 7.06.